The van der Waals surface area contributed by atoms with Crippen molar-refractivity contribution >= 4 is 68.9 Å². The molecule has 2 aliphatic rings. The van der Waals surface area contributed by atoms with Crippen molar-refractivity contribution in [3.63, 3.8) is 0 Å². The van der Waals surface area contributed by atoms with Crippen LogP contribution in [0.25, 0.3) is 5.57 Å². The van der Waals surface area contributed by atoms with E-state index in [4.69, 9.17) is 21.7 Å². The number of ether oxygens (including phenoxy) is 2. The van der Waals surface area contributed by atoms with Crippen molar-refractivity contribution in [1.29, 1.82) is 0 Å². The van der Waals surface area contributed by atoms with Gasteiger partial charge in [-0.25, -0.2) is 4.79 Å². The zero-order valence-corrected chi connectivity index (χ0v) is 21.9. The standard InChI is InChI=1S/C26H25N3O6S2/c1-3-35-25(33)16-9-11-17(12-10-16)27-20(30)15-29-19-8-5-4-7-18(19)21(23(29)31)22-24(32)28(26(36)37-22)13-6-14-34-2/h4-5,7-12H,3,6,13-15H2,1-2H3,(H,27,30). The second kappa shape index (κ2) is 11.7. The van der Waals surface area contributed by atoms with Gasteiger partial charge in [0.15, 0.2) is 0 Å². The summed E-state index contributed by atoms with van der Waals surface area (Å²) in [4.78, 5) is 54.5. The smallest absolute Gasteiger partial charge is 0.338 e. The highest BCUT2D eigenvalue weighted by Gasteiger charge is 2.42. The highest BCUT2D eigenvalue weighted by atomic mass is 32.2. The van der Waals surface area contributed by atoms with Gasteiger partial charge in [-0.3, -0.25) is 24.2 Å². The first-order valence-electron chi connectivity index (χ1n) is 11.6. The molecule has 3 amide bonds. The van der Waals surface area contributed by atoms with E-state index in [1.807, 2.05) is 0 Å². The number of fused-ring (bicyclic) bond motifs is 1. The molecule has 2 aliphatic heterocycles. The molecule has 0 unspecified atom stereocenters. The lowest BCUT2D eigenvalue weighted by atomic mass is 10.1. The van der Waals surface area contributed by atoms with Gasteiger partial charge < -0.3 is 14.8 Å². The molecule has 1 saturated heterocycles. The van der Waals surface area contributed by atoms with Gasteiger partial charge in [-0.15, -0.1) is 0 Å². The van der Waals surface area contributed by atoms with Crippen molar-refractivity contribution in [3.05, 3.63) is 64.6 Å². The number of thiocarbonyl (C=S) groups is 1. The molecular weight excluding hydrogens is 514 g/mol. The summed E-state index contributed by atoms with van der Waals surface area (Å²) in [6.07, 6.45) is 0.614. The van der Waals surface area contributed by atoms with Crippen LogP contribution in [0.15, 0.2) is 53.4 Å². The van der Waals surface area contributed by atoms with Gasteiger partial charge >= 0.3 is 5.97 Å². The third-order valence-corrected chi connectivity index (χ3v) is 7.16. The van der Waals surface area contributed by atoms with Crippen LogP contribution in [0.2, 0.25) is 0 Å². The summed E-state index contributed by atoms with van der Waals surface area (Å²) >= 11 is 6.50. The molecule has 0 spiro atoms. The van der Waals surface area contributed by atoms with Gasteiger partial charge in [-0.2, -0.15) is 0 Å². The Morgan fingerprint density at radius 2 is 1.76 bits per heavy atom. The molecule has 192 valence electrons. The second-order valence-electron chi connectivity index (χ2n) is 8.13. The van der Waals surface area contributed by atoms with E-state index in [-0.39, 0.29) is 29.5 Å². The van der Waals surface area contributed by atoms with Gasteiger partial charge in [0.2, 0.25) is 5.91 Å². The van der Waals surface area contributed by atoms with Gasteiger partial charge in [-0.05, 0) is 43.7 Å². The van der Waals surface area contributed by atoms with E-state index >= 15 is 0 Å². The number of esters is 1. The molecule has 2 heterocycles. The number of carbonyl (C=O) groups excluding carboxylic acids is 4. The lowest BCUT2D eigenvalue weighted by molar-refractivity contribution is -0.122. The molecule has 1 fully saturated rings. The van der Waals surface area contributed by atoms with E-state index in [1.165, 1.54) is 9.80 Å². The number of nitrogens with one attached hydrogen (secondary N) is 1. The molecule has 1 N–H and O–H groups in total. The lowest BCUT2D eigenvalue weighted by Gasteiger charge is -2.17. The molecule has 2 aromatic rings. The average molecular weight is 540 g/mol. The monoisotopic (exact) mass is 539 g/mol. The zero-order valence-electron chi connectivity index (χ0n) is 20.3. The summed E-state index contributed by atoms with van der Waals surface area (Å²) < 4.78 is 10.4. The fourth-order valence-corrected chi connectivity index (χ4v) is 5.39. The van der Waals surface area contributed by atoms with E-state index in [2.05, 4.69) is 5.32 Å². The Bertz CT molecular complexity index is 1290. The number of carbonyl (C=O) groups is 4. The Kier molecular flexibility index (Phi) is 8.37. The third-order valence-electron chi connectivity index (χ3n) is 5.71. The third kappa shape index (κ3) is 5.58. The molecule has 0 atom stereocenters. The van der Waals surface area contributed by atoms with Crippen molar-refractivity contribution in [2.24, 2.45) is 0 Å². The first-order valence-corrected chi connectivity index (χ1v) is 12.8. The minimum atomic E-state index is -0.448. The maximum Gasteiger partial charge on any atom is 0.338 e. The van der Waals surface area contributed by atoms with E-state index in [1.54, 1.807) is 62.6 Å². The summed E-state index contributed by atoms with van der Waals surface area (Å²) in [7, 11) is 1.59. The molecule has 0 bridgehead atoms. The number of hydrogen-bond donors (Lipinski definition) is 1. The quantitative estimate of drug-likeness (QED) is 0.224. The van der Waals surface area contributed by atoms with Crippen molar-refractivity contribution in [2.45, 2.75) is 13.3 Å². The molecule has 2 aromatic carbocycles. The first-order chi connectivity index (χ1) is 17.8. The van der Waals surface area contributed by atoms with Crippen LogP contribution in [0.4, 0.5) is 11.4 Å². The van der Waals surface area contributed by atoms with Crippen LogP contribution >= 0.6 is 24.0 Å². The van der Waals surface area contributed by atoms with Crippen LogP contribution < -0.4 is 10.2 Å². The van der Waals surface area contributed by atoms with Crippen molar-refractivity contribution in [1.82, 2.24) is 4.90 Å². The Hall–Kier alpha value is -3.54. The molecule has 0 saturated carbocycles. The molecule has 0 aromatic heterocycles. The Morgan fingerprint density at radius 1 is 1.03 bits per heavy atom. The van der Waals surface area contributed by atoms with E-state index in [0.29, 0.717) is 46.4 Å². The molecule has 9 nitrogen and oxygen atoms in total. The highest BCUT2D eigenvalue weighted by molar-refractivity contribution is 8.26. The first kappa shape index (κ1) is 26.5. The van der Waals surface area contributed by atoms with Crippen LogP contribution in [0, 0.1) is 0 Å². The molecule has 0 radical (unpaired) electrons. The van der Waals surface area contributed by atoms with Gasteiger partial charge in [0, 0.05) is 31.5 Å². The van der Waals surface area contributed by atoms with Crippen LogP contribution in [-0.4, -0.2) is 66.3 Å². The molecule has 11 heteroatoms. The van der Waals surface area contributed by atoms with Gasteiger partial charge in [0.1, 0.15) is 10.9 Å². The van der Waals surface area contributed by atoms with E-state index in [0.717, 1.165) is 11.8 Å². The van der Waals surface area contributed by atoms with Gasteiger partial charge in [0.05, 0.1) is 28.3 Å². The Balaban J connectivity index is 1.53. The van der Waals surface area contributed by atoms with Crippen LogP contribution in [0.1, 0.15) is 29.3 Å². The average Bonchev–Trinajstić information content (AvgIpc) is 3.31. The summed E-state index contributed by atoms with van der Waals surface area (Å²) in [6, 6.07) is 13.3. The number of anilines is 2. The van der Waals surface area contributed by atoms with Crippen LogP contribution in [0.5, 0.6) is 0 Å². The number of benzene rings is 2. The van der Waals surface area contributed by atoms with E-state index < -0.39 is 17.8 Å². The number of methoxy groups -OCH3 is 1. The normalized spacial score (nSPS) is 16.9. The highest BCUT2D eigenvalue weighted by Crippen LogP contribution is 2.44. The topological polar surface area (TPSA) is 105 Å². The Morgan fingerprint density at radius 3 is 2.46 bits per heavy atom. The summed E-state index contributed by atoms with van der Waals surface area (Å²) in [5, 5.41) is 2.74. The maximum absolute atomic E-state index is 13.5. The number of hydrogen-bond acceptors (Lipinski definition) is 8. The number of para-hydroxylation sites is 1. The minimum Gasteiger partial charge on any atom is -0.462 e. The number of rotatable bonds is 9. The second-order valence-corrected chi connectivity index (χ2v) is 9.77. The predicted octanol–water partition coefficient (Wildman–Crippen LogP) is 3.46. The lowest BCUT2D eigenvalue weighted by Crippen LogP contribution is -2.35. The van der Waals surface area contributed by atoms with Crippen LogP contribution in [-0.2, 0) is 23.9 Å². The number of thioether (sulfide) groups is 1. The zero-order chi connectivity index (χ0) is 26.5. The fourth-order valence-electron chi connectivity index (χ4n) is 4.01. The summed E-state index contributed by atoms with van der Waals surface area (Å²) in [5.74, 6) is -1.64. The molecule has 37 heavy (non-hydrogen) atoms. The molecule has 0 aliphatic carbocycles. The van der Waals surface area contributed by atoms with Crippen molar-refractivity contribution in [2.75, 3.05) is 43.6 Å². The van der Waals surface area contributed by atoms with Crippen molar-refractivity contribution < 1.29 is 28.7 Å². The minimum absolute atomic E-state index is 0.244. The largest absolute Gasteiger partial charge is 0.462 e. The SMILES string of the molecule is CCOC(=O)c1ccc(NC(=O)CN2C(=O)C(=C3SC(=S)N(CCCOC)C3=O)c3ccccc32)cc1. The number of amides is 3. The van der Waals surface area contributed by atoms with E-state index in [9.17, 15) is 19.2 Å². The Labute approximate surface area is 223 Å². The van der Waals surface area contributed by atoms with Crippen molar-refractivity contribution in [3.8, 4) is 0 Å². The molecule has 4 rings (SSSR count). The fraction of sp³-hybridized carbons (Fsp3) is 0.269. The summed E-state index contributed by atoms with van der Waals surface area (Å²) in [6.45, 7) is 2.61. The molecular formula is C26H25N3O6S2. The van der Waals surface area contributed by atoms with Crippen LogP contribution in [0.3, 0.4) is 0 Å². The predicted molar refractivity (Wildman–Crippen MR) is 145 cm³/mol. The van der Waals surface area contributed by atoms with Gasteiger partial charge in [0.25, 0.3) is 11.8 Å². The van der Waals surface area contributed by atoms with Gasteiger partial charge in [-0.1, -0.05) is 42.2 Å². The number of nitrogens with zero attached hydrogens (tertiary/aromatic N) is 2. The maximum atomic E-state index is 13.5. The summed E-state index contributed by atoms with van der Waals surface area (Å²) in [5.41, 5.74) is 2.20.